The van der Waals surface area contributed by atoms with Crippen molar-refractivity contribution in [3.63, 3.8) is 0 Å². The molecule has 0 unspecified atom stereocenters. The molecule has 1 N–H and O–H groups in total. The zero-order chi connectivity index (χ0) is 15.4. The third kappa shape index (κ3) is 3.49. The van der Waals surface area contributed by atoms with Crippen LogP contribution >= 0.6 is 0 Å². The first-order valence-electron chi connectivity index (χ1n) is 6.93. The van der Waals surface area contributed by atoms with Gasteiger partial charge in [0.05, 0.1) is 17.8 Å². The van der Waals surface area contributed by atoms with Crippen molar-refractivity contribution >= 4 is 21.1 Å². The minimum atomic E-state index is -3.36. The van der Waals surface area contributed by atoms with E-state index in [1.54, 1.807) is 4.68 Å². The van der Waals surface area contributed by atoms with Crippen molar-refractivity contribution in [2.24, 2.45) is 0 Å². The number of hydrogen-bond acceptors (Lipinski definition) is 4. The van der Waals surface area contributed by atoms with E-state index in [2.05, 4.69) is 15.0 Å². The fourth-order valence-corrected chi connectivity index (χ4v) is 3.09. The fourth-order valence-electron chi connectivity index (χ4n) is 2.15. The van der Waals surface area contributed by atoms with Gasteiger partial charge in [0.1, 0.15) is 5.52 Å². The molecule has 2 aromatic carbocycles. The molecule has 0 fully saturated rings. The molecule has 0 bridgehead atoms. The highest BCUT2D eigenvalue weighted by molar-refractivity contribution is 7.89. The molecule has 7 heteroatoms. The molecule has 3 aromatic rings. The first kappa shape index (κ1) is 14.7. The maximum atomic E-state index is 12.1. The summed E-state index contributed by atoms with van der Waals surface area (Å²) in [5, 5.41) is 8.00. The third-order valence-electron chi connectivity index (χ3n) is 3.33. The lowest BCUT2D eigenvalue weighted by Crippen LogP contribution is -2.28. The number of rotatable bonds is 6. The highest BCUT2D eigenvalue weighted by atomic mass is 32.2. The average Bonchev–Trinajstić information content (AvgIpc) is 2.96. The summed E-state index contributed by atoms with van der Waals surface area (Å²) in [4.78, 5) is 0. The van der Waals surface area contributed by atoms with Gasteiger partial charge in [0.25, 0.3) is 0 Å². The van der Waals surface area contributed by atoms with Crippen LogP contribution < -0.4 is 4.72 Å². The van der Waals surface area contributed by atoms with Crippen LogP contribution in [0.15, 0.2) is 54.6 Å². The van der Waals surface area contributed by atoms with Crippen LogP contribution in [0.3, 0.4) is 0 Å². The molecule has 0 aliphatic heterocycles. The highest BCUT2D eigenvalue weighted by Gasteiger charge is 2.12. The van der Waals surface area contributed by atoms with E-state index >= 15 is 0 Å². The second kappa shape index (κ2) is 6.25. The number of aryl methyl sites for hydroxylation is 1. The molecule has 0 saturated carbocycles. The van der Waals surface area contributed by atoms with Crippen molar-refractivity contribution in [3.8, 4) is 0 Å². The van der Waals surface area contributed by atoms with Crippen molar-refractivity contribution in [1.29, 1.82) is 0 Å². The molecule has 22 heavy (non-hydrogen) atoms. The molecule has 0 amide bonds. The Morgan fingerprint density at radius 3 is 2.55 bits per heavy atom. The lowest BCUT2D eigenvalue weighted by Gasteiger charge is -2.07. The molecule has 0 aliphatic rings. The summed E-state index contributed by atoms with van der Waals surface area (Å²) in [6.45, 7) is 0.561. The molecule has 0 aliphatic carbocycles. The van der Waals surface area contributed by atoms with Crippen molar-refractivity contribution < 1.29 is 8.42 Å². The highest BCUT2D eigenvalue weighted by Crippen LogP contribution is 2.09. The molecule has 0 atom stereocenters. The summed E-state index contributed by atoms with van der Waals surface area (Å²) < 4.78 is 28.3. The van der Waals surface area contributed by atoms with Crippen molar-refractivity contribution in [1.82, 2.24) is 19.7 Å². The van der Waals surface area contributed by atoms with Gasteiger partial charge in [-0.25, -0.2) is 17.8 Å². The van der Waals surface area contributed by atoms with Crippen molar-refractivity contribution in [3.05, 3.63) is 60.2 Å². The van der Waals surface area contributed by atoms with E-state index < -0.39 is 10.0 Å². The molecule has 114 valence electrons. The molecule has 0 radical (unpaired) electrons. The number of nitrogens with zero attached hydrogens (tertiary/aromatic N) is 3. The second-order valence-electron chi connectivity index (χ2n) is 4.93. The lowest BCUT2D eigenvalue weighted by molar-refractivity contribution is 0.566. The quantitative estimate of drug-likeness (QED) is 0.748. The number of nitrogens with one attached hydrogen (secondary N) is 1. The molecule has 1 heterocycles. The van der Waals surface area contributed by atoms with Gasteiger partial charge in [-0.2, -0.15) is 0 Å². The molecule has 0 spiro atoms. The summed E-state index contributed by atoms with van der Waals surface area (Å²) >= 11 is 0. The molecular weight excluding hydrogens is 300 g/mol. The molecule has 1 aromatic heterocycles. The standard InChI is InChI=1S/C15H16N4O2S/c20-22(21,16-12-13-6-2-1-3-7-13)11-10-19-15-9-5-4-8-14(15)17-18-19/h1-9,16H,10-12H2. The summed E-state index contributed by atoms with van der Waals surface area (Å²) in [7, 11) is -3.36. The minimum absolute atomic E-state index is 0.0345. The van der Waals surface area contributed by atoms with Gasteiger partial charge in [-0.15, -0.1) is 5.10 Å². The van der Waals surface area contributed by atoms with Crippen molar-refractivity contribution in [2.45, 2.75) is 13.1 Å². The normalized spacial score (nSPS) is 11.8. The Labute approximate surface area is 128 Å². The van der Waals surface area contributed by atoms with E-state index in [9.17, 15) is 8.42 Å². The number of hydrogen-bond donors (Lipinski definition) is 1. The Morgan fingerprint density at radius 1 is 1.00 bits per heavy atom. The van der Waals surface area contributed by atoms with Gasteiger partial charge < -0.3 is 0 Å². The smallest absolute Gasteiger partial charge is 0.213 e. The van der Waals surface area contributed by atoms with Crippen LogP contribution in [0.2, 0.25) is 0 Å². The number of fused-ring (bicyclic) bond motifs is 1. The lowest BCUT2D eigenvalue weighted by atomic mass is 10.2. The molecule has 0 saturated heterocycles. The van der Waals surface area contributed by atoms with E-state index in [1.165, 1.54) is 0 Å². The largest absolute Gasteiger partial charge is 0.244 e. The maximum absolute atomic E-state index is 12.1. The van der Waals surface area contributed by atoms with E-state index in [0.717, 1.165) is 16.6 Å². The topological polar surface area (TPSA) is 76.9 Å². The van der Waals surface area contributed by atoms with E-state index in [4.69, 9.17) is 0 Å². The fraction of sp³-hybridized carbons (Fsp3) is 0.200. The van der Waals surface area contributed by atoms with Gasteiger partial charge in [0.15, 0.2) is 0 Å². The zero-order valence-electron chi connectivity index (χ0n) is 11.9. The monoisotopic (exact) mass is 316 g/mol. The van der Waals surface area contributed by atoms with Crippen LogP contribution in [0.25, 0.3) is 11.0 Å². The summed E-state index contributed by atoms with van der Waals surface area (Å²) in [6.07, 6.45) is 0. The van der Waals surface area contributed by atoms with Gasteiger partial charge in [0, 0.05) is 6.54 Å². The van der Waals surface area contributed by atoms with Gasteiger partial charge in [-0.05, 0) is 17.7 Å². The Morgan fingerprint density at radius 2 is 1.73 bits per heavy atom. The SMILES string of the molecule is O=S(=O)(CCn1nnc2ccccc21)NCc1ccccc1. The minimum Gasteiger partial charge on any atom is -0.244 e. The van der Waals surface area contributed by atoms with Crippen LogP contribution in [-0.4, -0.2) is 29.2 Å². The predicted molar refractivity (Wildman–Crippen MR) is 84.6 cm³/mol. The molecule has 3 rings (SSSR count). The summed E-state index contributed by atoms with van der Waals surface area (Å²) in [5.41, 5.74) is 2.52. The summed E-state index contributed by atoms with van der Waals surface area (Å²) in [5.74, 6) is -0.0345. The van der Waals surface area contributed by atoms with Crippen LogP contribution in [-0.2, 0) is 23.1 Å². The number of benzene rings is 2. The van der Waals surface area contributed by atoms with Crippen LogP contribution in [0, 0.1) is 0 Å². The first-order valence-corrected chi connectivity index (χ1v) is 8.59. The number of sulfonamides is 1. The van der Waals surface area contributed by atoms with Crippen LogP contribution in [0.4, 0.5) is 0 Å². The Balaban J connectivity index is 1.62. The second-order valence-corrected chi connectivity index (χ2v) is 6.85. The van der Waals surface area contributed by atoms with E-state index in [1.807, 2.05) is 54.6 Å². The van der Waals surface area contributed by atoms with Crippen molar-refractivity contribution in [2.75, 3.05) is 5.75 Å². The maximum Gasteiger partial charge on any atom is 0.213 e. The Hall–Kier alpha value is -2.25. The third-order valence-corrected chi connectivity index (χ3v) is 4.64. The van der Waals surface area contributed by atoms with Gasteiger partial charge in [-0.1, -0.05) is 47.7 Å². The summed E-state index contributed by atoms with van der Waals surface area (Å²) in [6, 6.07) is 16.9. The Kier molecular flexibility index (Phi) is 4.17. The molecule has 6 nitrogen and oxygen atoms in total. The van der Waals surface area contributed by atoms with E-state index in [-0.39, 0.29) is 12.3 Å². The number of para-hydroxylation sites is 1. The van der Waals surface area contributed by atoms with Gasteiger partial charge >= 0.3 is 0 Å². The van der Waals surface area contributed by atoms with Gasteiger partial charge in [-0.3, -0.25) is 0 Å². The van der Waals surface area contributed by atoms with E-state index in [0.29, 0.717) is 6.54 Å². The first-order chi connectivity index (χ1) is 10.6. The predicted octanol–water partition coefficient (Wildman–Crippen LogP) is 1.55. The zero-order valence-corrected chi connectivity index (χ0v) is 12.7. The number of aromatic nitrogens is 3. The Bertz CT molecular complexity index is 859. The van der Waals surface area contributed by atoms with Crippen LogP contribution in [0.5, 0.6) is 0 Å². The van der Waals surface area contributed by atoms with Gasteiger partial charge in [0.2, 0.25) is 10.0 Å². The molecular formula is C15H16N4O2S. The van der Waals surface area contributed by atoms with Crippen LogP contribution in [0.1, 0.15) is 5.56 Å². The average molecular weight is 316 g/mol.